The van der Waals surface area contributed by atoms with Crippen molar-refractivity contribution in [2.24, 2.45) is 0 Å². The number of rotatable bonds is 11. The Kier molecular flexibility index (Phi) is 11.9. The van der Waals surface area contributed by atoms with Gasteiger partial charge in [0.1, 0.15) is 18.2 Å². The number of hydrogen-bond donors (Lipinski definition) is 1. The van der Waals surface area contributed by atoms with Gasteiger partial charge in [0.25, 0.3) is 0 Å². The number of hydroxylamine groups is 2. The van der Waals surface area contributed by atoms with E-state index in [2.05, 4.69) is 5.32 Å². The van der Waals surface area contributed by atoms with E-state index in [1.54, 1.807) is 20.8 Å². The number of nitrogens with one attached hydrogen (secondary N) is 1. The van der Waals surface area contributed by atoms with Gasteiger partial charge >= 0.3 is 18.0 Å². The largest absolute Gasteiger partial charge is 0.461 e. The standard InChI is InChI=1S/C30H46N2O6/c1-30(2,3)37-29(35)31-26(20-13-21-27(33)36-22-23-14-7-4-8-15-23)28(34)38-32(24-16-9-5-10-17-24)25-18-11-6-12-19-25/h4,7-8,14-15,24-26H,5-6,9-13,16-22H2,1-3H3,(H,31,35)/t26-/m0/s1. The van der Waals surface area contributed by atoms with Crippen molar-refractivity contribution < 1.29 is 28.7 Å². The molecule has 1 amide bonds. The summed E-state index contributed by atoms with van der Waals surface area (Å²) >= 11 is 0. The van der Waals surface area contributed by atoms with Crippen molar-refractivity contribution in [3.8, 4) is 0 Å². The van der Waals surface area contributed by atoms with E-state index in [9.17, 15) is 14.4 Å². The van der Waals surface area contributed by atoms with Crippen molar-refractivity contribution in [3.05, 3.63) is 35.9 Å². The van der Waals surface area contributed by atoms with Crippen LogP contribution in [0, 0.1) is 0 Å². The Labute approximate surface area is 227 Å². The summed E-state index contributed by atoms with van der Waals surface area (Å²) in [5.74, 6) is -0.839. The lowest BCUT2D eigenvalue weighted by Gasteiger charge is -2.40. The molecule has 2 aliphatic rings. The maximum atomic E-state index is 13.5. The van der Waals surface area contributed by atoms with Crippen LogP contribution in [0.25, 0.3) is 0 Å². The van der Waals surface area contributed by atoms with E-state index in [0.29, 0.717) is 6.42 Å². The average Bonchev–Trinajstić information content (AvgIpc) is 2.90. The van der Waals surface area contributed by atoms with Crippen LogP contribution < -0.4 is 5.32 Å². The molecular formula is C30H46N2O6. The molecule has 0 saturated heterocycles. The molecule has 0 spiro atoms. The van der Waals surface area contributed by atoms with Gasteiger partial charge in [-0.25, -0.2) is 9.59 Å². The number of nitrogens with zero attached hydrogens (tertiary/aromatic N) is 1. The summed E-state index contributed by atoms with van der Waals surface area (Å²) in [7, 11) is 0. The Morgan fingerprint density at radius 2 is 1.50 bits per heavy atom. The fourth-order valence-electron chi connectivity index (χ4n) is 5.25. The van der Waals surface area contributed by atoms with Gasteiger partial charge in [-0.2, -0.15) is 0 Å². The Hall–Kier alpha value is -2.61. The van der Waals surface area contributed by atoms with Crippen molar-refractivity contribution in [2.75, 3.05) is 0 Å². The van der Waals surface area contributed by atoms with E-state index < -0.39 is 23.7 Å². The van der Waals surface area contributed by atoms with E-state index in [1.165, 1.54) is 12.8 Å². The Morgan fingerprint density at radius 1 is 0.921 bits per heavy atom. The van der Waals surface area contributed by atoms with Crippen LogP contribution in [0.1, 0.15) is 110 Å². The van der Waals surface area contributed by atoms with Crippen molar-refractivity contribution >= 4 is 18.0 Å². The molecule has 2 saturated carbocycles. The first-order valence-electron chi connectivity index (χ1n) is 14.4. The molecule has 3 rings (SSSR count). The summed E-state index contributed by atoms with van der Waals surface area (Å²) in [5.41, 5.74) is 0.218. The van der Waals surface area contributed by atoms with Crippen LogP contribution in [0.3, 0.4) is 0 Å². The Balaban J connectivity index is 1.60. The van der Waals surface area contributed by atoms with Crippen LogP contribution in [-0.4, -0.2) is 46.8 Å². The molecule has 0 aliphatic heterocycles. The summed E-state index contributed by atoms with van der Waals surface area (Å²) in [6, 6.07) is 9.00. The lowest BCUT2D eigenvalue weighted by atomic mass is 9.90. The highest BCUT2D eigenvalue weighted by molar-refractivity contribution is 5.81. The van der Waals surface area contributed by atoms with E-state index in [-0.39, 0.29) is 37.5 Å². The second-order valence-corrected chi connectivity index (χ2v) is 11.6. The predicted octanol–water partition coefficient (Wildman–Crippen LogP) is 6.22. The van der Waals surface area contributed by atoms with Crippen molar-refractivity contribution in [1.82, 2.24) is 10.4 Å². The lowest BCUT2D eigenvalue weighted by Crippen LogP contribution is -2.51. The molecule has 1 aromatic carbocycles. The zero-order chi connectivity index (χ0) is 27.4. The third-order valence-corrected chi connectivity index (χ3v) is 7.16. The molecular weight excluding hydrogens is 484 g/mol. The van der Waals surface area contributed by atoms with Gasteiger partial charge in [-0.15, -0.1) is 5.06 Å². The van der Waals surface area contributed by atoms with Crippen molar-refractivity contribution in [2.45, 2.75) is 135 Å². The van der Waals surface area contributed by atoms with Gasteiger partial charge in [-0.1, -0.05) is 68.9 Å². The maximum absolute atomic E-state index is 13.5. The van der Waals surface area contributed by atoms with Crippen molar-refractivity contribution in [1.29, 1.82) is 0 Å². The lowest BCUT2D eigenvalue weighted by molar-refractivity contribution is -0.225. The van der Waals surface area contributed by atoms with E-state index in [4.69, 9.17) is 14.3 Å². The van der Waals surface area contributed by atoms with E-state index in [0.717, 1.165) is 56.9 Å². The number of carbonyl (C=O) groups is 3. The smallest absolute Gasteiger partial charge is 0.408 e. The molecule has 2 fully saturated rings. The molecule has 1 N–H and O–H groups in total. The molecule has 0 unspecified atom stereocenters. The quantitative estimate of drug-likeness (QED) is 0.268. The number of benzene rings is 1. The molecule has 8 nitrogen and oxygen atoms in total. The number of esters is 1. The minimum atomic E-state index is -0.915. The fourth-order valence-corrected chi connectivity index (χ4v) is 5.25. The summed E-state index contributed by atoms with van der Waals surface area (Å²) in [4.78, 5) is 44.5. The first-order chi connectivity index (χ1) is 18.2. The molecule has 212 valence electrons. The fraction of sp³-hybridized carbons (Fsp3) is 0.700. The summed E-state index contributed by atoms with van der Waals surface area (Å²) in [6.07, 6.45) is 11.1. The molecule has 1 aromatic rings. The minimum Gasteiger partial charge on any atom is -0.461 e. The molecule has 38 heavy (non-hydrogen) atoms. The predicted molar refractivity (Wildman–Crippen MR) is 145 cm³/mol. The topological polar surface area (TPSA) is 94.2 Å². The van der Waals surface area contributed by atoms with E-state index in [1.807, 2.05) is 35.4 Å². The highest BCUT2D eigenvalue weighted by Gasteiger charge is 2.35. The van der Waals surface area contributed by atoms with Gasteiger partial charge in [0.2, 0.25) is 0 Å². The van der Waals surface area contributed by atoms with Gasteiger partial charge in [0, 0.05) is 18.5 Å². The molecule has 0 heterocycles. The summed E-state index contributed by atoms with van der Waals surface area (Å²) < 4.78 is 10.8. The van der Waals surface area contributed by atoms with E-state index >= 15 is 0 Å². The van der Waals surface area contributed by atoms with Crippen LogP contribution in [0.2, 0.25) is 0 Å². The summed E-state index contributed by atoms with van der Waals surface area (Å²) in [5, 5.41) is 4.66. The molecule has 2 aliphatic carbocycles. The van der Waals surface area contributed by atoms with Crippen LogP contribution in [0.15, 0.2) is 30.3 Å². The molecule has 0 aromatic heterocycles. The normalized spacial score (nSPS) is 18.0. The second-order valence-electron chi connectivity index (χ2n) is 11.6. The number of alkyl carbamates (subject to hydrolysis) is 1. The van der Waals surface area contributed by atoms with Crippen molar-refractivity contribution in [3.63, 3.8) is 0 Å². The summed E-state index contributed by atoms with van der Waals surface area (Å²) in [6.45, 7) is 5.53. The van der Waals surface area contributed by atoms with Crippen LogP contribution >= 0.6 is 0 Å². The molecule has 1 atom stereocenters. The third-order valence-electron chi connectivity index (χ3n) is 7.16. The zero-order valence-corrected chi connectivity index (χ0v) is 23.4. The monoisotopic (exact) mass is 530 g/mol. The SMILES string of the molecule is CC(C)(C)OC(=O)N[C@@H](CCCC(=O)OCc1ccccc1)C(=O)ON(C1CCCCC1)C1CCCCC1. The second kappa shape index (κ2) is 15.1. The van der Waals surface area contributed by atoms with Crippen LogP contribution in [0.5, 0.6) is 0 Å². The van der Waals surface area contributed by atoms with Gasteiger partial charge in [-0.3, -0.25) is 4.79 Å². The van der Waals surface area contributed by atoms with Gasteiger partial charge < -0.3 is 19.6 Å². The Morgan fingerprint density at radius 3 is 2.05 bits per heavy atom. The van der Waals surface area contributed by atoms with Crippen LogP contribution in [0.4, 0.5) is 4.79 Å². The minimum absolute atomic E-state index is 0.140. The Bertz CT molecular complexity index is 854. The zero-order valence-electron chi connectivity index (χ0n) is 23.4. The number of hydrogen-bond acceptors (Lipinski definition) is 7. The highest BCUT2D eigenvalue weighted by atomic mass is 16.7. The van der Waals surface area contributed by atoms with Gasteiger partial charge in [0.15, 0.2) is 0 Å². The molecule has 0 radical (unpaired) electrons. The van der Waals surface area contributed by atoms with Gasteiger partial charge in [0.05, 0.1) is 0 Å². The number of carbonyl (C=O) groups excluding carboxylic acids is 3. The van der Waals surface area contributed by atoms with Gasteiger partial charge in [-0.05, 0) is 64.9 Å². The highest BCUT2D eigenvalue weighted by Crippen LogP contribution is 2.30. The molecule has 8 heteroatoms. The average molecular weight is 531 g/mol. The first kappa shape index (κ1) is 29.9. The third kappa shape index (κ3) is 10.6. The molecule has 0 bridgehead atoms. The first-order valence-corrected chi connectivity index (χ1v) is 14.4. The number of ether oxygens (including phenoxy) is 2. The maximum Gasteiger partial charge on any atom is 0.408 e. The van der Waals surface area contributed by atoms with Crippen LogP contribution in [-0.2, 0) is 30.5 Å². The number of amides is 1.